The molecule has 122 valence electrons. The molecule has 0 aliphatic rings. The molecule has 0 unspecified atom stereocenters. The molecule has 0 spiro atoms. The van der Waals surface area contributed by atoms with Crippen molar-refractivity contribution in [2.45, 2.75) is 6.61 Å². The number of nitriles is 1. The van der Waals surface area contributed by atoms with Crippen molar-refractivity contribution < 1.29 is 13.6 Å². The predicted octanol–water partition coefficient (Wildman–Crippen LogP) is 4.21. The second kappa shape index (κ2) is 6.81. The number of benzene rings is 1. The van der Waals surface area contributed by atoms with Crippen LogP contribution in [0, 0.1) is 11.3 Å². The van der Waals surface area contributed by atoms with E-state index in [1.807, 2.05) is 30.3 Å². The fourth-order valence-corrected chi connectivity index (χ4v) is 2.31. The van der Waals surface area contributed by atoms with Gasteiger partial charge in [0.15, 0.2) is 5.76 Å². The molecular formula is C17H14BrN3O3. The first-order valence-electron chi connectivity index (χ1n) is 7.12. The van der Waals surface area contributed by atoms with E-state index in [4.69, 9.17) is 18.8 Å². The summed E-state index contributed by atoms with van der Waals surface area (Å²) in [5.74, 6) is 2.50. The Bertz CT molecular complexity index is 875. The molecular weight excluding hydrogens is 374 g/mol. The van der Waals surface area contributed by atoms with E-state index in [1.54, 1.807) is 31.1 Å². The lowest BCUT2D eigenvalue weighted by Crippen LogP contribution is -2.08. The zero-order valence-electron chi connectivity index (χ0n) is 13.1. The molecule has 0 fully saturated rings. The minimum Gasteiger partial charge on any atom is -0.486 e. The Morgan fingerprint density at radius 1 is 1.17 bits per heavy atom. The smallest absolute Gasteiger partial charge is 0.266 e. The molecule has 1 aromatic carbocycles. The number of aromatic nitrogens is 1. The summed E-state index contributed by atoms with van der Waals surface area (Å²) in [6.45, 7) is 0.286. The first kappa shape index (κ1) is 16.1. The van der Waals surface area contributed by atoms with Crippen LogP contribution in [0.15, 0.2) is 49.7 Å². The largest absolute Gasteiger partial charge is 0.486 e. The minimum absolute atomic E-state index is 0.221. The molecule has 0 saturated carbocycles. The number of nitrogens with zero attached hydrogens (tertiary/aromatic N) is 3. The van der Waals surface area contributed by atoms with Crippen LogP contribution in [0.2, 0.25) is 0 Å². The van der Waals surface area contributed by atoms with Crippen molar-refractivity contribution >= 4 is 21.8 Å². The Hall–Kier alpha value is -2.72. The van der Waals surface area contributed by atoms with Crippen LogP contribution in [0.25, 0.3) is 11.7 Å². The van der Waals surface area contributed by atoms with Gasteiger partial charge in [-0.05, 0) is 36.4 Å². The van der Waals surface area contributed by atoms with E-state index in [1.165, 1.54) is 0 Å². The van der Waals surface area contributed by atoms with Crippen molar-refractivity contribution in [2.24, 2.45) is 0 Å². The third kappa shape index (κ3) is 3.44. The highest BCUT2D eigenvalue weighted by Gasteiger charge is 2.18. The zero-order valence-corrected chi connectivity index (χ0v) is 14.7. The lowest BCUT2D eigenvalue weighted by atomic mass is 10.3. The Morgan fingerprint density at radius 3 is 2.54 bits per heavy atom. The quantitative estimate of drug-likeness (QED) is 0.652. The molecule has 0 atom stereocenters. The predicted molar refractivity (Wildman–Crippen MR) is 91.7 cm³/mol. The van der Waals surface area contributed by atoms with Gasteiger partial charge in [0.05, 0.1) is 0 Å². The molecule has 0 saturated heterocycles. The number of ether oxygens (including phenoxy) is 1. The highest BCUT2D eigenvalue weighted by Crippen LogP contribution is 2.28. The van der Waals surface area contributed by atoms with E-state index < -0.39 is 0 Å². The third-order valence-corrected chi connectivity index (χ3v) is 3.72. The highest BCUT2D eigenvalue weighted by atomic mass is 79.9. The average Bonchev–Trinajstić information content (AvgIpc) is 3.21. The normalized spacial score (nSPS) is 10.4. The van der Waals surface area contributed by atoms with Crippen molar-refractivity contribution in [2.75, 3.05) is 19.0 Å². The van der Waals surface area contributed by atoms with Crippen molar-refractivity contribution in [1.82, 2.24) is 4.98 Å². The van der Waals surface area contributed by atoms with Crippen molar-refractivity contribution in [3.63, 3.8) is 0 Å². The van der Waals surface area contributed by atoms with Gasteiger partial charge in [0.25, 0.3) is 5.89 Å². The summed E-state index contributed by atoms with van der Waals surface area (Å²) in [6, 6.07) is 13.1. The Morgan fingerprint density at radius 2 is 1.92 bits per heavy atom. The maximum absolute atomic E-state index is 9.11. The second-order valence-corrected chi connectivity index (χ2v) is 6.10. The molecule has 7 heteroatoms. The summed E-state index contributed by atoms with van der Waals surface area (Å²) in [7, 11) is 3.56. The molecule has 6 nitrogen and oxygen atoms in total. The van der Waals surface area contributed by atoms with E-state index >= 15 is 0 Å². The summed E-state index contributed by atoms with van der Waals surface area (Å²) >= 11 is 3.38. The molecule has 0 amide bonds. The standard InChI is InChI=1S/C17H14BrN3O3/c1-21(2)17-14(9-19)20-16(24-17)15-8-7-13(23-15)10-22-12-5-3-11(18)4-6-12/h3-8H,10H2,1-2H3. The molecule has 2 aromatic heterocycles. The SMILES string of the molecule is CN(C)c1oc(-c2ccc(COc3ccc(Br)cc3)o2)nc1C#N. The number of anilines is 1. The van der Waals surface area contributed by atoms with Crippen LogP contribution in [0.1, 0.15) is 11.5 Å². The number of furan rings is 1. The van der Waals surface area contributed by atoms with Crippen LogP contribution in [0.5, 0.6) is 5.75 Å². The van der Waals surface area contributed by atoms with Crippen LogP contribution in [0.4, 0.5) is 5.88 Å². The molecule has 0 aliphatic heterocycles. The van der Waals surface area contributed by atoms with Gasteiger partial charge in [-0.25, -0.2) is 0 Å². The monoisotopic (exact) mass is 387 g/mol. The van der Waals surface area contributed by atoms with Crippen LogP contribution >= 0.6 is 15.9 Å². The van der Waals surface area contributed by atoms with E-state index in [0.29, 0.717) is 17.4 Å². The van der Waals surface area contributed by atoms with Gasteiger partial charge >= 0.3 is 0 Å². The molecule has 24 heavy (non-hydrogen) atoms. The first-order chi connectivity index (χ1) is 11.6. The molecule has 3 rings (SSSR count). The van der Waals surface area contributed by atoms with E-state index in [-0.39, 0.29) is 18.2 Å². The zero-order chi connectivity index (χ0) is 17.1. The summed E-state index contributed by atoms with van der Waals surface area (Å²) in [6.07, 6.45) is 0. The maximum atomic E-state index is 9.11. The van der Waals surface area contributed by atoms with Crippen LogP contribution in [-0.4, -0.2) is 19.1 Å². The fraction of sp³-hybridized carbons (Fsp3) is 0.176. The molecule has 0 N–H and O–H groups in total. The average molecular weight is 388 g/mol. The van der Waals surface area contributed by atoms with Gasteiger partial charge in [-0.2, -0.15) is 10.2 Å². The van der Waals surface area contributed by atoms with Crippen LogP contribution in [-0.2, 0) is 6.61 Å². The number of hydrogen-bond acceptors (Lipinski definition) is 6. The lowest BCUT2D eigenvalue weighted by Gasteiger charge is -2.06. The summed E-state index contributed by atoms with van der Waals surface area (Å²) < 4.78 is 17.9. The first-order valence-corrected chi connectivity index (χ1v) is 7.92. The van der Waals surface area contributed by atoms with Gasteiger partial charge in [-0.3, -0.25) is 0 Å². The van der Waals surface area contributed by atoms with Gasteiger partial charge in [0.1, 0.15) is 24.2 Å². The number of oxazole rings is 1. The van der Waals surface area contributed by atoms with E-state index in [2.05, 4.69) is 20.9 Å². The lowest BCUT2D eigenvalue weighted by molar-refractivity contribution is 0.271. The van der Waals surface area contributed by atoms with Crippen LogP contribution in [0.3, 0.4) is 0 Å². The molecule has 2 heterocycles. The number of rotatable bonds is 5. The molecule has 3 aromatic rings. The Balaban J connectivity index is 1.74. The summed E-state index contributed by atoms with van der Waals surface area (Å²) in [5.41, 5.74) is 0.221. The Labute approximate surface area is 147 Å². The number of hydrogen-bond donors (Lipinski definition) is 0. The summed E-state index contributed by atoms with van der Waals surface area (Å²) in [4.78, 5) is 5.84. The van der Waals surface area contributed by atoms with Crippen molar-refractivity contribution in [1.29, 1.82) is 5.26 Å². The van der Waals surface area contributed by atoms with Gasteiger partial charge in [0, 0.05) is 18.6 Å². The second-order valence-electron chi connectivity index (χ2n) is 5.19. The summed E-state index contributed by atoms with van der Waals surface area (Å²) in [5, 5.41) is 9.11. The molecule has 0 aliphatic carbocycles. The van der Waals surface area contributed by atoms with Crippen molar-refractivity contribution in [3.05, 3.63) is 52.3 Å². The molecule has 0 radical (unpaired) electrons. The van der Waals surface area contributed by atoms with Crippen LogP contribution < -0.4 is 9.64 Å². The third-order valence-electron chi connectivity index (χ3n) is 3.19. The van der Waals surface area contributed by atoms with E-state index in [9.17, 15) is 0 Å². The maximum Gasteiger partial charge on any atom is 0.266 e. The topological polar surface area (TPSA) is 75.4 Å². The molecule has 0 bridgehead atoms. The van der Waals surface area contributed by atoms with Gasteiger partial charge in [-0.15, -0.1) is 0 Å². The number of halogens is 1. The van der Waals surface area contributed by atoms with Gasteiger partial charge < -0.3 is 18.5 Å². The van der Waals surface area contributed by atoms with Gasteiger partial charge in [0.2, 0.25) is 11.6 Å². The highest BCUT2D eigenvalue weighted by molar-refractivity contribution is 9.10. The minimum atomic E-state index is 0.221. The fourth-order valence-electron chi connectivity index (χ4n) is 2.05. The van der Waals surface area contributed by atoms with Crippen molar-refractivity contribution in [3.8, 4) is 23.5 Å². The van der Waals surface area contributed by atoms with E-state index in [0.717, 1.165) is 10.2 Å². The van der Waals surface area contributed by atoms with Gasteiger partial charge in [-0.1, -0.05) is 15.9 Å². The Kier molecular flexibility index (Phi) is 4.58.